The first-order chi connectivity index (χ1) is 7.54. The van der Waals surface area contributed by atoms with Crippen molar-refractivity contribution >= 4 is 0 Å². The Morgan fingerprint density at radius 2 is 2.06 bits per heavy atom. The molecule has 3 nitrogen and oxygen atoms in total. The van der Waals surface area contributed by atoms with Gasteiger partial charge in [0, 0.05) is 29.6 Å². The fourth-order valence-electron chi connectivity index (χ4n) is 1.60. The van der Waals surface area contributed by atoms with Crippen molar-refractivity contribution in [3.8, 4) is 5.75 Å². The number of hydrogen-bond acceptors (Lipinski definition) is 3. The van der Waals surface area contributed by atoms with E-state index in [1.165, 1.54) is 0 Å². The molecule has 0 aliphatic carbocycles. The van der Waals surface area contributed by atoms with Crippen molar-refractivity contribution in [3.63, 3.8) is 0 Å². The van der Waals surface area contributed by atoms with Gasteiger partial charge in [-0.25, -0.2) is 0 Å². The first-order valence-electron chi connectivity index (χ1n) is 5.84. The first kappa shape index (κ1) is 13.0. The van der Waals surface area contributed by atoms with Gasteiger partial charge >= 0.3 is 0 Å². The van der Waals surface area contributed by atoms with E-state index < -0.39 is 0 Å². The van der Waals surface area contributed by atoms with Crippen LogP contribution < -0.4 is 10.5 Å². The highest BCUT2D eigenvalue weighted by Gasteiger charge is 2.08. The molecule has 0 aromatic carbocycles. The maximum absolute atomic E-state index is 5.78. The SMILES string of the molecule is Cc1cc(OCCC(C)C)c(CN)c(C)n1. The van der Waals surface area contributed by atoms with Crippen LogP contribution in [0.25, 0.3) is 0 Å². The predicted molar refractivity (Wildman–Crippen MR) is 66.6 cm³/mol. The van der Waals surface area contributed by atoms with E-state index in [4.69, 9.17) is 10.5 Å². The number of hydrogen-bond donors (Lipinski definition) is 1. The summed E-state index contributed by atoms with van der Waals surface area (Å²) >= 11 is 0. The fraction of sp³-hybridized carbons (Fsp3) is 0.615. The molecule has 0 aliphatic rings. The molecule has 1 heterocycles. The van der Waals surface area contributed by atoms with Crippen LogP contribution in [0.5, 0.6) is 5.75 Å². The van der Waals surface area contributed by atoms with Crippen LogP contribution in [0, 0.1) is 19.8 Å². The van der Waals surface area contributed by atoms with Gasteiger partial charge < -0.3 is 10.5 Å². The molecule has 2 N–H and O–H groups in total. The van der Waals surface area contributed by atoms with Gasteiger partial charge in [-0.05, 0) is 26.2 Å². The topological polar surface area (TPSA) is 48.1 Å². The van der Waals surface area contributed by atoms with E-state index in [0.717, 1.165) is 35.7 Å². The largest absolute Gasteiger partial charge is 0.493 e. The molecule has 1 rings (SSSR count). The standard InChI is InChI=1S/C13H22N2O/c1-9(2)5-6-16-13-7-10(3)15-11(4)12(13)8-14/h7,9H,5-6,8,14H2,1-4H3. The Bertz CT molecular complexity index is 348. The van der Waals surface area contributed by atoms with E-state index in [1.807, 2.05) is 19.9 Å². The van der Waals surface area contributed by atoms with Crippen molar-refractivity contribution in [2.24, 2.45) is 11.7 Å². The Balaban J connectivity index is 2.77. The van der Waals surface area contributed by atoms with E-state index in [0.29, 0.717) is 12.5 Å². The quantitative estimate of drug-likeness (QED) is 0.833. The molecular weight excluding hydrogens is 200 g/mol. The zero-order valence-electron chi connectivity index (χ0n) is 10.7. The number of nitrogens with zero attached hydrogens (tertiary/aromatic N) is 1. The summed E-state index contributed by atoms with van der Waals surface area (Å²) in [6, 6.07) is 1.97. The number of rotatable bonds is 5. The predicted octanol–water partition coefficient (Wildman–Crippen LogP) is 2.58. The van der Waals surface area contributed by atoms with Crippen molar-refractivity contribution in [2.45, 2.75) is 40.7 Å². The van der Waals surface area contributed by atoms with E-state index in [2.05, 4.69) is 18.8 Å². The van der Waals surface area contributed by atoms with E-state index >= 15 is 0 Å². The summed E-state index contributed by atoms with van der Waals surface area (Å²) in [6.07, 6.45) is 1.06. The van der Waals surface area contributed by atoms with Crippen LogP contribution in [0.2, 0.25) is 0 Å². The second kappa shape index (κ2) is 5.85. The summed E-state index contributed by atoms with van der Waals surface area (Å²) in [7, 11) is 0. The number of aromatic nitrogens is 1. The minimum absolute atomic E-state index is 0.482. The number of pyridine rings is 1. The lowest BCUT2D eigenvalue weighted by Crippen LogP contribution is -2.08. The molecule has 0 unspecified atom stereocenters. The third-order valence-corrected chi connectivity index (χ3v) is 2.58. The van der Waals surface area contributed by atoms with Crippen molar-refractivity contribution in [3.05, 3.63) is 23.0 Å². The minimum Gasteiger partial charge on any atom is -0.493 e. The molecule has 0 atom stereocenters. The maximum Gasteiger partial charge on any atom is 0.127 e. The molecule has 0 spiro atoms. The number of nitrogens with two attached hydrogens (primary N) is 1. The maximum atomic E-state index is 5.78. The second-order valence-corrected chi connectivity index (χ2v) is 4.56. The van der Waals surface area contributed by atoms with E-state index in [-0.39, 0.29) is 0 Å². The summed E-state index contributed by atoms with van der Waals surface area (Å²) in [6.45, 7) is 9.56. The lowest BCUT2D eigenvalue weighted by atomic mass is 10.1. The van der Waals surface area contributed by atoms with Gasteiger partial charge in [0.15, 0.2) is 0 Å². The molecule has 0 fully saturated rings. The fourth-order valence-corrected chi connectivity index (χ4v) is 1.60. The van der Waals surface area contributed by atoms with E-state index in [1.54, 1.807) is 0 Å². The molecule has 0 aliphatic heterocycles. The molecule has 90 valence electrons. The molecular formula is C13H22N2O. The van der Waals surface area contributed by atoms with E-state index in [9.17, 15) is 0 Å². The second-order valence-electron chi connectivity index (χ2n) is 4.56. The van der Waals surface area contributed by atoms with Crippen LogP contribution in [0.4, 0.5) is 0 Å². The molecule has 0 amide bonds. The molecule has 0 saturated carbocycles. The Morgan fingerprint density at radius 1 is 1.38 bits per heavy atom. The average Bonchev–Trinajstić information content (AvgIpc) is 2.16. The monoisotopic (exact) mass is 222 g/mol. The van der Waals surface area contributed by atoms with Crippen LogP contribution in [-0.2, 0) is 6.54 Å². The summed E-state index contributed by atoms with van der Waals surface area (Å²) in [5.41, 5.74) is 8.69. The lowest BCUT2D eigenvalue weighted by Gasteiger charge is -2.14. The normalized spacial score (nSPS) is 10.9. The number of aryl methyl sites for hydroxylation is 2. The van der Waals surface area contributed by atoms with Gasteiger partial charge in [0.25, 0.3) is 0 Å². The van der Waals surface area contributed by atoms with Crippen LogP contribution in [0.3, 0.4) is 0 Å². The highest BCUT2D eigenvalue weighted by molar-refractivity contribution is 5.37. The summed E-state index contributed by atoms with van der Waals surface area (Å²) in [5, 5.41) is 0. The van der Waals surface area contributed by atoms with Gasteiger partial charge in [0.2, 0.25) is 0 Å². The van der Waals surface area contributed by atoms with Crippen molar-refractivity contribution in [1.82, 2.24) is 4.98 Å². The zero-order chi connectivity index (χ0) is 12.1. The first-order valence-corrected chi connectivity index (χ1v) is 5.84. The Labute approximate surface area is 98.0 Å². The number of ether oxygens (including phenoxy) is 1. The Kier molecular flexibility index (Phi) is 4.74. The van der Waals surface area contributed by atoms with Gasteiger partial charge in [0.1, 0.15) is 5.75 Å². The smallest absolute Gasteiger partial charge is 0.127 e. The van der Waals surface area contributed by atoms with Gasteiger partial charge in [-0.15, -0.1) is 0 Å². The van der Waals surface area contributed by atoms with Gasteiger partial charge in [-0.2, -0.15) is 0 Å². The molecule has 16 heavy (non-hydrogen) atoms. The van der Waals surface area contributed by atoms with Crippen molar-refractivity contribution in [2.75, 3.05) is 6.61 Å². The molecule has 3 heteroatoms. The van der Waals surface area contributed by atoms with Crippen LogP contribution in [0.15, 0.2) is 6.07 Å². The van der Waals surface area contributed by atoms with Crippen LogP contribution in [0.1, 0.15) is 37.2 Å². The molecule has 1 aromatic rings. The molecule has 1 aromatic heterocycles. The van der Waals surface area contributed by atoms with Crippen LogP contribution in [-0.4, -0.2) is 11.6 Å². The summed E-state index contributed by atoms with van der Waals surface area (Å²) in [4.78, 5) is 4.39. The third kappa shape index (κ3) is 3.49. The summed E-state index contributed by atoms with van der Waals surface area (Å²) < 4.78 is 5.78. The summed E-state index contributed by atoms with van der Waals surface area (Å²) in [5.74, 6) is 1.55. The highest BCUT2D eigenvalue weighted by atomic mass is 16.5. The van der Waals surface area contributed by atoms with Gasteiger partial charge in [0.05, 0.1) is 6.61 Å². The molecule has 0 radical (unpaired) electrons. The van der Waals surface area contributed by atoms with Gasteiger partial charge in [-0.3, -0.25) is 4.98 Å². The van der Waals surface area contributed by atoms with Crippen molar-refractivity contribution < 1.29 is 4.74 Å². The van der Waals surface area contributed by atoms with Gasteiger partial charge in [-0.1, -0.05) is 13.8 Å². The lowest BCUT2D eigenvalue weighted by molar-refractivity contribution is 0.286. The third-order valence-electron chi connectivity index (χ3n) is 2.58. The van der Waals surface area contributed by atoms with Crippen LogP contribution >= 0.6 is 0 Å². The molecule has 0 bridgehead atoms. The average molecular weight is 222 g/mol. The molecule has 0 saturated heterocycles. The zero-order valence-corrected chi connectivity index (χ0v) is 10.7. The minimum atomic E-state index is 0.482. The highest BCUT2D eigenvalue weighted by Crippen LogP contribution is 2.22. The Hall–Kier alpha value is -1.09. The van der Waals surface area contributed by atoms with Crippen molar-refractivity contribution in [1.29, 1.82) is 0 Å². The Morgan fingerprint density at radius 3 is 2.62 bits per heavy atom.